The van der Waals surface area contributed by atoms with E-state index in [9.17, 15) is 9.59 Å². The highest BCUT2D eigenvalue weighted by Gasteiger charge is 2.54. The molecule has 164 valence electrons. The molecule has 0 atom stereocenters. The van der Waals surface area contributed by atoms with E-state index < -0.39 is 0 Å². The normalized spacial score (nSPS) is 28.5. The number of hydrogen-bond donors (Lipinski definition) is 2. The van der Waals surface area contributed by atoms with Gasteiger partial charge in [0.15, 0.2) is 0 Å². The summed E-state index contributed by atoms with van der Waals surface area (Å²) in [4.78, 5) is 29.7. The number of carbonyl (C=O) groups excluding carboxylic acids is 2. The molecule has 1 aromatic heterocycles. The van der Waals surface area contributed by atoms with Gasteiger partial charge in [0.25, 0.3) is 0 Å². The third kappa shape index (κ3) is 4.22. The van der Waals surface area contributed by atoms with Crippen molar-refractivity contribution in [3.8, 4) is 0 Å². The van der Waals surface area contributed by atoms with Gasteiger partial charge in [0, 0.05) is 35.8 Å². The first-order valence-corrected chi connectivity index (χ1v) is 11.7. The molecule has 4 fully saturated rings. The Morgan fingerprint density at radius 1 is 1.10 bits per heavy atom. The molecule has 7 heteroatoms. The summed E-state index contributed by atoms with van der Waals surface area (Å²) in [5.41, 5.74) is 0.789. The van der Waals surface area contributed by atoms with E-state index in [0.29, 0.717) is 24.1 Å². The molecule has 0 spiro atoms. The largest absolute Gasteiger partial charge is 0.355 e. The molecular formula is C24H29ClN4O2. The lowest BCUT2D eigenvalue weighted by molar-refractivity contribution is -0.146. The molecule has 0 saturated heterocycles. The summed E-state index contributed by atoms with van der Waals surface area (Å²) in [6, 6.07) is 7.62. The summed E-state index contributed by atoms with van der Waals surface area (Å²) in [6.07, 6.45) is 10.8. The zero-order valence-corrected chi connectivity index (χ0v) is 18.4. The lowest BCUT2D eigenvalue weighted by Crippen LogP contribution is -2.53. The van der Waals surface area contributed by atoms with E-state index in [4.69, 9.17) is 11.6 Å². The number of amides is 2. The van der Waals surface area contributed by atoms with Gasteiger partial charge in [0.05, 0.1) is 6.54 Å². The van der Waals surface area contributed by atoms with E-state index >= 15 is 0 Å². The summed E-state index contributed by atoms with van der Waals surface area (Å²) in [5, 5.41) is 6.61. The molecule has 2 aromatic rings. The minimum Gasteiger partial charge on any atom is -0.355 e. The van der Waals surface area contributed by atoms with Gasteiger partial charge < -0.3 is 9.88 Å². The van der Waals surface area contributed by atoms with Crippen molar-refractivity contribution in [3.05, 3.63) is 47.2 Å². The Labute approximate surface area is 187 Å². The van der Waals surface area contributed by atoms with Crippen LogP contribution >= 0.6 is 11.6 Å². The van der Waals surface area contributed by atoms with Crippen molar-refractivity contribution in [1.29, 1.82) is 0 Å². The van der Waals surface area contributed by atoms with Crippen LogP contribution in [0.1, 0.15) is 50.5 Å². The average Bonchev–Trinajstić information content (AvgIpc) is 3.15. The molecule has 0 radical (unpaired) electrons. The Kier molecular flexibility index (Phi) is 5.51. The van der Waals surface area contributed by atoms with E-state index in [1.807, 2.05) is 35.0 Å². The lowest BCUT2D eigenvalue weighted by Gasteiger charge is -2.55. The van der Waals surface area contributed by atoms with Crippen molar-refractivity contribution >= 4 is 29.4 Å². The predicted molar refractivity (Wildman–Crippen MR) is 120 cm³/mol. The maximum absolute atomic E-state index is 13.0. The Morgan fingerprint density at radius 3 is 2.45 bits per heavy atom. The van der Waals surface area contributed by atoms with Crippen molar-refractivity contribution in [3.63, 3.8) is 0 Å². The van der Waals surface area contributed by atoms with Crippen LogP contribution < -0.4 is 10.6 Å². The van der Waals surface area contributed by atoms with Crippen LogP contribution in [-0.2, 0) is 16.1 Å². The molecule has 31 heavy (non-hydrogen) atoms. The Bertz CT molecular complexity index is 950. The van der Waals surface area contributed by atoms with E-state index in [1.54, 1.807) is 6.20 Å². The second-order valence-corrected chi connectivity index (χ2v) is 10.1. The van der Waals surface area contributed by atoms with Crippen molar-refractivity contribution in [1.82, 2.24) is 14.9 Å². The molecule has 4 aliphatic rings. The van der Waals surface area contributed by atoms with Gasteiger partial charge in [-0.1, -0.05) is 29.8 Å². The standard InChI is InChI=1S/C24H29ClN4O2/c25-20-4-2-1-3-19(20)15-29-8-7-27-23(29)28-21(30)5-6-26-22(31)24-12-16-9-17(13-24)11-18(10-16)14-24/h1-4,7-8,16-18H,5-6,9-15H2,(H,26,31)(H,27,28,30). The van der Waals surface area contributed by atoms with Crippen LogP contribution in [0.2, 0.25) is 5.02 Å². The van der Waals surface area contributed by atoms with Crippen LogP contribution in [0.5, 0.6) is 0 Å². The molecule has 2 amide bonds. The highest BCUT2D eigenvalue weighted by Crippen LogP contribution is 2.60. The molecule has 2 N–H and O–H groups in total. The summed E-state index contributed by atoms with van der Waals surface area (Å²) in [5.74, 6) is 2.70. The average molecular weight is 441 g/mol. The molecule has 4 saturated carbocycles. The summed E-state index contributed by atoms with van der Waals surface area (Å²) >= 11 is 6.25. The minimum atomic E-state index is -0.170. The molecule has 6 rings (SSSR count). The fraction of sp³-hybridized carbons (Fsp3) is 0.542. The van der Waals surface area contributed by atoms with Crippen molar-refractivity contribution in [2.45, 2.75) is 51.5 Å². The van der Waals surface area contributed by atoms with Gasteiger partial charge in [-0.05, 0) is 67.9 Å². The maximum Gasteiger partial charge on any atom is 0.228 e. The van der Waals surface area contributed by atoms with E-state index in [0.717, 1.165) is 42.6 Å². The first-order chi connectivity index (χ1) is 15.0. The van der Waals surface area contributed by atoms with Gasteiger partial charge in [0.2, 0.25) is 17.8 Å². The van der Waals surface area contributed by atoms with Gasteiger partial charge in [-0.15, -0.1) is 0 Å². The fourth-order valence-electron chi connectivity index (χ4n) is 6.42. The summed E-state index contributed by atoms with van der Waals surface area (Å²) < 4.78 is 1.85. The predicted octanol–water partition coefficient (Wildman–Crippen LogP) is 4.25. The Hall–Kier alpha value is -2.34. The Morgan fingerprint density at radius 2 is 1.77 bits per heavy atom. The molecule has 0 unspecified atom stereocenters. The summed E-state index contributed by atoms with van der Waals surface area (Å²) in [7, 11) is 0. The second-order valence-electron chi connectivity index (χ2n) is 9.72. The van der Waals surface area contributed by atoms with Crippen LogP contribution in [-0.4, -0.2) is 27.9 Å². The molecule has 4 aliphatic carbocycles. The molecule has 1 heterocycles. The van der Waals surface area contributed by atoms with Crippen molar-refractivity contribution in [2.75, 3.05) is 11.9 Å². The molecular weight excluding hydrogens is 412 g/mol. The quantitative estimate of drug-likeness (QED) is 0.675. The molecule has 0 aliphatic heterocycles. The van der Waals surface area contributed by atoms with Crippen LogP contribution in [0, 0.1) is 23.2 Å². The van der Waals surface area contributed by atoms with Gasteiger partial charge in [0.1, 0.15) is 0 Å². The first-order valence-electron chi connectivity index (χ1n) is 11.3. The SMILES string of the molecule is O=C(CCNC(=O)C12CC3CC(CC(C3)C1)C2)Nc1nccn1Cc1ccccc1Cl. The maximum atomic E-state index is 13.0. The number of nitrogens with one attached hydrogen (secondary N) is 2. The number of benzene rings is 1. The number of halogens is 1. The topological polar surface area (TPSA) is 76.0 Å². The second kappa shape index (κ2) is 8.30. The van der Waals surface area contributed by atoms with Crippen LogP contribution in [0.4, 0.5) is 5.95 Å². The van der Waals surface area contributed by atoms with Crippen LogP contribution in [0.25, 0.3) is 0 Å². The summed E-state index contributed by atoms with van der Waals surface area (Å²) in [6.45, 7) is 0.885. The van der Waals surface area contributed by atoms with Gasteiger partial charge in [-0.3, -0.25) is 14.9 Å². The van der Waals surface area contributed by atoms with Crippen molar-refractivity contribution < 1.29 is 9.59 Å². The highest BCUT2D eigenvalue weighted by molar-refractivity contribution is 6.31. The number of nitrogens with zero attached hydrogens (tertiary/aromatic N) is 2. The number of aromatic nitrogens is 2. The first kappa shape index (κ1) is 20.6. The van der Waals surface area contributed by atoms with E-state index in [1.165, 1.54) is 19.3 Å². The van der Waals surface area contributed by atoms with E-state index in [-0.39, 0.29) is 23.7 Å². The van der Waals surface area contributed by atoms with Crippen LogP contribution in [0.3, 0.4) is 0 Å². The van der Waals surface area contributed by atoms with Gasteiger partial charge in [-0.2, -0.15) is 0 Å². The minimum absolute atomic E-state index is 0.155. The van der Waals surface area contributed by atoms with E-state index in [2.05, 4.69) is 15.6 Å². The lowest BCUT2D eigenvalue weighted by atomic mass is 9.49. The third-order valence-corrected chi connectivity index (χ3v) is 7.79. The number of hydrogen-bond acceptors (Lipinski definition) is 3. The zero-order chi connectivity index (χ0) is 21.4. The van der Waals surface area contributed by atoms with Crippen molar-refractivity contribution in [2.24, 2.45) is 23.2 Å². The molecule has 6 nitrogen and oxygen atoms in total. The molecule has 1 aromatic carbocycles. The third-order valence-electron chi connectivity index (χ3n) is 7.42. The number of carbonyl (C=O) groups is 2. The Balaban J connectivity index is 1.13. The molecule has 4 bridgehead atoms. The number of rotatable bonds is 7. The smallest absolute Gasteiger partial charge is 0.228 e. The monoisotopic (exact) mass is 440 g/mol. The zero-order valence-electron chi connectivity index (χ0n) is 17.6. The highest BCUT2D eigenvalue weighted by atomic mass is 35.5. The fourth-order valence-corrected chi connectivity index (χ4v) is 6.62. The van der Waals surface area contributed by atoms with Crippen LogP contribution in [0.15, 0.2) is 36.7 Å². The van der Waals surface area contributed by atoms with Gasteiger partial charge in [-0.25, -0.2) is 4.98 Å². The number of anilines is 1. The number of imidazole rings is 1. The van der Waals surface area contributed by atoms with Gasteiger partial charge >= 0.3 is 0 Å².